The fraction of sp³-hybridized carbons (Fsp3) is 0.0741. The number of rotatable bonds is 6. The van der Waals surface area contributed by atoms with E-state index in [0.29, 0.717) is 11.7 Å². The van der Waals surface area contributed by atoms with E-state index >= 15 is 0 Å². The summed E-state index contributed by atoms with van der Waals surface area (Å²) in [5, 5.41) is 14.5. The Morgan fingerprint density at radius 3 is 1.61 bits per heavy atom. The zero-order chi connectivity index (χ0) is 21.7. The van der Waals surface area contributed by atoms with Gasteiger partial charge in [-0.25, -0.2) is 0 Å². The molecule has 156 valence electrons. The Kier molecular flexibility index (Phi) is 6.16. The third kappa shape index (κ3) is 4.10. The van der Waals surface area contributed by atoms with Crippen molar-refractivity contribution < 1.29 is 14.6 Å². The van der Waals surface area contributed by atoms with Crippen molar-refractivity contribution in [2.45, 2.75) is 6.16 Å². The number of hydrogen-bond donors (Lipinski definition) is 1. The van der Waals surface area contributed by atoms with Gasteiger partial charge in [-0.05, 0) is 0 Å². The molecule has 0 atom stereocenters. The molecule has 31 heavy (non-hydrogen) atoms. The summed E-state index contributed by atoms with van der Waals surface area (Å²) in [4.78, 5) is 12.2. The molecule has 0 saturated carbocycles. The van der Waals surface area contributed by atoms with Crippen molar-refractivity contribution in [3.8, 4) is 5.75 Å². The van der Waals surface area contributed by atoms with Gasteiger partial charge in [0.05, 0.1) is 0 Å². The van der Waals surface area contributed by atoms with Crippen LogP contribution in [-0.4, -0.2) is 18.2 Å². The normalized spacial score (nSPS) is 11.6. The average molecular weight is 428 g/mol. The van der Waals surface area contributed by atoms with Gasteiger partial charge in [0.2, 0.25) is 0 Å². The van der Waals surface area contributed by atoms with Gasteiger partial charge in [-0.2, -0.15) is 0 Å². The Hall–Kier alpha value is -3.42. The Labute approximate surface area is 183 Å². The van der Waals surface area contributed by atoms with E-state index < -0.39 is 13.2 Å². The van der Waals surface area contributed by atoms with E-state index in [1.165, 1.54) is 23.0 Å². The molecule has 0 heterocycles. The first-order chi connectivity index (χ1) is 15.1. The zero-order valence-electron chi connectivity index (χ0n) is 17.4. The first kappa shape index (κ1) is 20.8. The van der Waals surface area contributed by atoms with Crippen LogP contribution in [0.1, 0.15) is 15.9 Å². The second-order valence-electron chi connectivity index (χ2n) is 7.52. The SMILES string of the molecule is COC(=O)c1ccc(O)c(C[PH](c2ccccc2)(c2ccccc2)c2ccccc2)c1. The summed E-state index contributed by atoms with van der Waals surface area (Å²) >= 11 is 0. The average Bonchev–Trinajstić information content (AvgIpc) is 2.85. The Morgan fingerprint density at radius 1 is 0.742 bits per heavy atom. The molecular formula is C27H25O3P. The standard InChI is InChI=1S/C27H25O3P/c1-30-27(29)21-17-18-26(28)22(19-21)20-31(23-11-5-2-6-12-23,24-13-7-3-8-14-24)25-15-9-4-10-16-25/h2-19,28,31H,20H2,1H3. The van der Waals surface area contributed by atoms with Crippen LogP contribution < -0.4 is 15.9 Å². The van der Waals surface area contributed by atoms with E-state index in [1.54, 1.807) is 18.2 Å². The van der Waals surface area contributed by atoms with E-state index in [4.69, 9.17) is 4.74 Å². The molecular weight excluding hydrogens is 403 g/mol. The summed E-state index contributed by atoms with van der Waals surface area (Å²) in [6.07, 6.45) is 0.613. The number of carbonyl (C=O) groups excluding carboxylic acids is 1. The third-order valence-electron chi connectivity index (χ3n) is 5.76. The van der Waals surface area contributed by atoms with E-state index in [0.717, 1.165) is 5.56 Å². The second kappa shape index (κ2) is 9.16. The summed E-state index contributed by atoms with van der Waals surface area (Å²) < 4.78 is 4.91. The molecule has 3 nitrogen and oxygen atoms in total. The molecule has 1 N–H and O–H groups in total. The molecule has 4 aromatic carbocycles. The predicted molar refractivity (Wildman–Crippen MR) is 130 cm³/mol. The number of methoxy groups -OCH3 is 1. The molecule has 4 aromatic rings. The van der Waals surface area contributed by atoms with Crippen molar-refractivity contribution in [2.75, 3.05) is 7.11 Å². The van der Waals surface area contributed by atoms with Crippen LogP contribution in [0.2, 0.25) is 0 Å². The molecule has 0 radical (unpaired) electrons. The van der Waals surface area contributed by atoms with E-state index in [-0.39, 0.29) is 5.75 Å². The summed E-state index contributed by atoms with van der Waals surface area (Å²) in [5.74, 6) is -0.222. The molecule has 0 unspecified atom stereocenters. The van der Waals surface area contributed by atoms with Crippen LogP contribution in [0, 0.1) is 0 Å². The summed E-state index contributed by atoms with van der Waals surface area (Å²) in [5.41, 5.74) is 1.18. The summed E-state index contributed by atoms with van der Waals surface area (Å²) in [6.45, 7) is 0. The van der Waals surface area contributed by atoms with Crippen molar-refractivity contribution in [3.05, 3.63) is 120 Å². The van der Waals surface area contributed by atoms with Gasteiger partial charge in [-0.15, -0.1) is 0 Å². The molecule has 0 aliphatic heterocycles. The van der Waals surface area contributed by atoms with Crippen LogP contribution in [0.25, 0.3) is 0 Å². The number of hydrogen-bond acceptors (Lipinski definition) is 3. The number of benzene rings is 4. The van der Waals surface area contributed by atoms with Crippen molar-refractivity contribution in [1.29, 1.82) is 0 Å². The van der Waals surface area contributed by atoms with Gasteiger partial charge in [0.25, 0.3) is 0 Å². The van der Waals surface area contributed by atoms with Crippen molar-refractivity contribution in [1.82, 2.24) is 0 Å². The van der Waals surface area contributed by atoms with Gasteiger partial charge < -0.3 is 0 Å². The number of aromatic hydroxyl groups is 1. The van der Waals surface area contributed by atoms with Gasteiger partial charge in [-0.3, -0.25) is 0 Å². The van der Waals surface area contributed by atoms with Crippen molar-refractivity contribution in [3.63, 3.8) is 0 Å². The monoisotopic (exact) mass is 428 g/mol. The fourth-order valence-corrected chi connectivity index (χ4v) is 8.98. The summed E-state index contributed by atoms with van der Waals surface area (Å²) in [6, 6.07) is 36.4. The van der Waals surface area contributed by atoms with Crippen LogP contribution in [0.4, 0.5) is 0 Å². The Bertz CT molecular complexity index is 1060. The quantitative estimate of drug-likeness (QED) is 0.366. The minimum atomic E-state index is -2.58. The third-order valence-corrected chi connectivity index (χ3v) is 10.6. The topological polar surface area (TPSA) is 46.5 Å². The molecule has 4 rings (SSSR count). The minimum absolute atomic E-state index is 0.187. The van der Waals surface area contributed by atoms with E-state index in [9.17, 15) is 9.90 Å². The van der Waals surface area contributed by atoms with Crippen LogP contribution in [0.3, 0.4) is 0 Å². The van der Waals surface area contributed by atoms with Crippen LogP contribution in [0.5, 0.6) is 5.75 Å². The number of ether oxygens (including phenoxy) is 1. The molecule has 0 aliphatic rings. The summed E-state index contributed by atoms with van der Waals surface area (Å²) in [7, 11) is -1.21. The Morgan fingerprint density at radius 2 is 1.19 bits per heavy atom. The van der Waals surface area contributed by atoms with E-state index in [1.807, 2.05) is 18.2 Å². The predicted octanol–water partition coefficient (Wildman–Crippen LogP) is 4.41. The Balaban J connectivity index is 1.99. The van der Waals surface area contributed by atoms with Gasteiger partial charge in [-0.1, -0.05) is 0 Å². The molecule has 0 fully saturated rings. The van der Waals surface area contributed by atoms with Crippen molar-refractivity contribution >= 4 is 29.1 Å². The van der Waals surface area contributed by atoms with Crippen LogP contribution in [0.15, 0.2) is 109 Å². The zero-order valence-corrected chi connectivity index (χ0v) is 18.4. The first-order valence-electron chi connectivity index (χ1n) is 10.2. The fourth-order valence-electron chi connectivity index (χ4n) is 4.23. The van der Waals surface area contributed by atoms with Gasteiger partial charge in [0.1, 0.15) is 0 Å². The van der Waals surface area contributed by atoms with Crippen LogP contribution >= 0.6 is 7.26 Å². The second-order valence-corrected chi connectivity index (χ2v) is 11.4. The molecule has 0 bridgehead atoms. The van der Waals surface area contributed by atoms with E-state index in [2.05, 4.69) is 72.8 Å². The van der Waals surface area contributed by atoms with Crippen molar-refractivity contribution in [2.24, 2.45) is 0 Å². The van der Waals surface area contributed by atoms with Gasteiger partial charge in [0.15, 0.2) is 0 Å². The molecule has 4 heteroatoms. The van der Waals surface area contributed by atoms with Crippen LogP contribution in [-0.2, 0) is 10.9 Å². The first-order valence-corrected chi connectivity index (χ1v) is 12.4. The maximum absolute atomic E-state index is 12.2. The van der Waals surface area contributed by atoms with Gasteiger partial charge in [0, 0.05) is 0 Å². The number of phenols is 1. The van der Waals surface area contributed by atoms with Gasteiger partial charge >= 0.3 is 183 Å². The molecule has 0 aromatic heterocycles. The maximum atomic E-state index is 12.2. The molecule has 0 saturated heterocycles. The number of esters is 1. The number of phenolic OH excluding ortho intramolecular Hbond substituents is 1. The molecule has 0 amide bonds. The molecule has 0 spiro atoms. The molecule has 0 aliphatic carbocycles. The number of carbonyl (C=O) groups is 1.